The van der Waals surface area contributed by atoms with Crippen LogP contribution in [-0.2, 0) is 0 Å². The molecule has 0 saturated carbocycles. The lowest BCUT2D eigenvalue weighted by molar-refractivity contribution is 0.480. The van der Waals surface area contributed by atoms with E-state index in [1.807, 2.05) is 0 Å². The number of phenols is 1. The number of benzene rings is 2. The van der Waals surface area contributed by atoms with E-state index in [-0.39, 0.29) is 32.5 Å². The molecule has 24 heavy (non-hydrogen) atoms. The van der Waals surface area contributed by atoms with Crippen LogP contribution in [0.1, 0.15) is 0 Å². The molecule has 0 fully saturated rings. The Balaban J connectivity index is 2.03. The molecule has 0 radical (unpaired) electrons. The van der Waals surface area contributed by atoms with E-state index in [0.29, 0.717) is 15.3 Å². The normalized spacial score (nSPS) is 11.5. The van der Waals surface area contributed by atoms with E-state index in [1.54, 1.807) is 0 Å². The Hall–Kier alpha value is -2.22. The van der Waals surface area contributed by atoms with Gasteiger partial charge in [0.2, 0.25) is 0 Å². The van der Waals surface area contributed by atoms with Gasteiger partial charge in [0.1, 0.15) is 17.7 Å². The molecule has 2 aromatic heterocycles. The first kappa shape index (κ1) is 15.3. The highest BCUT2D eigenvalue weighted by Gasteiger charge is 2.17. The number of phenolic OH excluding ortho intramolecular Hbond substituents is 1. The third-order valence-electron chi connectivity index (χ3n) is 3.46. The molecule has 1 N–H and O–H groups in total. The average molecular weight is 382 g/mol. The van der Waals surface area contributed by atoms with Crippen molar-refractivity contribution in [3.8, 4) is 10.9 Å². The molecule has 0 aliphatic heterocycles. The third-order valence-corrected chi connectivity index (χ3v) is 5.06. The summed E-state index contributed by atoms with van der Waals surface area (Å²) >= 11 is 13.1. The zero-order chi connectivity index (χ0) is 17.0. The summed E-state index contributed by atoms with van der Waals surface area (Å²) in [4.78, 5) is 21.1. The monoisotopic (exact) mass is 381 g/mol. The number of aromatic hydroxyl groups is 1. The quantitative estimate of drug-likeness (QED) is 0.537. The Morgan fingerprint density at radius 2 is 2.00 bits per heavy atom. The minimum absolute atomic E-state index is 0.00705. The lowest BCUT2D eigenvalue weighted by atomic mass is 10.2. The van der Waals surface area contributed by atoms with Crippen LogP contribution in [0.25, 0.3) is 26.3 Å². The van der Waals surface area contributed by atoms with Crippen molar-refractivity contribution in [3.05, 3.63) is 56.8 Å². The van der Waals surface area contributed by atoms with Gasteiger partial charge in [-0.1, -0.05) is 34.5 Å². The fourth-order valence-corrected chi connectivity index (χ4v) is 3.83. The minimum Gasteiger partial charge on any atom is -0.504 e. The maximum absolute atomic E-state index is 13.3. The highest BCUT2D eigenvalue weighted by atomic mass is 35.5. The van der Waals surface area contributed by atoms with Crippen molar-refractivity contribution in [2.24, 2.45) is 0 Å². The van der Waals surface area contributed by atoms with Crippen molar-refractivity contribution in [2.45, 2.75) is 0 Å². The van der Waals surface area contributed by atoms with Gasteiger partial charge < -0.3 is 5.11 Å². The Morgan fingerprint density at radius 1 is 1.21 bits per heavy atom. The molecule has 0 spiro atoms. The first-order valence-electron chi connectivity index (χ1n) is 6.60. The second-order valence-electron chi connectivity index (χ2n) is 4.94. The summed E-state index contributed by atoms with van der Waals surface area (Å²) in [5.74, 6) is -0.698. The molecule has 4 rings (SSSR count). The molecule has 0 unspecified atom stereocenters. The summed E-state index contributed by atoms with van der Waals surface area (Å²) in [7, 11) is 0. The van der Waals surface area contributed by atoms with Crippen molar-refractivity contribution in [3.63, 3.8) is 0 Å². The lowest BCUT2D eigenvalue weighted by Crippen LogP contribution is -2.19. The Labute approximate surface area is 147 Å². The van der Waals surface area contributed by atoms with Gasteiger partial charge in [-0.3, -0.25) is 4.79 Å². The fraction of sp³-hybridized carbons (Fsp3) is 0. The summed E-state index contributed by atoms with van der Waals surface area (Å²) in [6.07, 6.45) is 1.23. The van der Waals surface area contributed by atoms with E-state index in [9.17, 15) is 14.3 Å². The predicted octanol–water partition coefficient (Wildman–Crippen LogP) is 4.15. The Kier molecular flexibility index (Phi) is 3.45. The molecule has 0 amide bonds. The van der Waals surface area contributed by atoms with E-state index >= 15 is 0 Å². The molecule has 4 aromatic rings. The summed E-state index contributed by atoms with van der Waals surface area (Å²) < 4.78 is 15.1. The highest BCUT2D eigenvalue weighted by Crippen LogP contribution is 2.34. The topological polar surface area (TPSA) is 68.0 Å². The molecular weight excluding hydrogens is 376 g/mol. The number of nitrogens with zero attached hydrogens (tertiary/aromatic N) is 3. The van der Waals surface area contributed by atoms with Gasteiger partial charge in [-0.15, -0.1) is 0 Å². The van der Waals surface area contributed by atoms with Crippen molar-refractivity contribution >= 4 is 55.7 Å². The number of halogens is 3. The summed E-state index contributed by atoms with van der Waals surface area (Å²) in [5, 5.41) is 10.4. The predicted molar refractivity (Wildman–Crippen MR) is 92.2 cm³/mol. The van der Waals surface area contributed by atoms with Crippen LogP contribution < -0.4 is 5.56 Å². The van der Waals surface area contributed by atoms with Gasteiger partial charge >= 0.3 is 0 Å². The number of aromatic nitrogens is 3. The van der Waals surface area contributed by atoms with Crippen LogP contribution in [0.2, 0.25) is 10.0 Å². The minimum atomic E-state index is -0.503. The molecule has 0 aliphatic carbocycles. The van der Waals surface area contributed by atoms with Gasteiger partial charge in [-0.05, 0) is 24.3 Å². The summed E-state index contributed by atoms with van der Waals surface area (Å²) in [6.45, 7) is 0. The molecule has 2 heterocycles. The molecule has 120 valence electrons. The molecule has 0 bridgehead atoms. The van der Waals surface area contributed by atoms with Gasteiger partial charge in [0.25, 0.3) is 5.56 Å². The number of hydrogen-bond donors (Lipinski definition) is 1. The largest absolute Gasteiger partial charge is 0.504 e. The van der Waals surface area contributed by atoms with Crippen LogP contribution in [0.4, 0.5) is 4.39 Å². The van der Waals surface area contributed by atoms with E-state index in [1.165, 1.54) is 35.2 Å². The summed E-state index contributed by atoms with van der Waals surface area (Å²) in [6, 6.07) is 5.45. The van der Waals surface area contributed by atoms with Crippen LogP contribution in [0.15, 0.2) is 35.4 Å². The Morgan fingerprint density at radius 3 is 2.79 bits per heavy atom. The van der Waals surface area contributed by atoms with E-state index in [2.05, 4.69) is 9.97 Å². The van der Waals surface area contributed by atoms with E-state index in [4.69, 9.17) is 23.2 Å². The SMILES string of the molecule is O=c1c2c(Cl)cc(Cl)c(O)c2ncn1-c1nc2ccc(F)cc2s1. The van der Waals surface area contributed by atoms with E-state index in [0.717, 1.165) is 11.3 Å². The molecule has 0 atom stereocenters. The number of thiazole rings is 1. The number of rotatable bonds is 1. The zero-order valence-corrected chi connectivity index (χ0v) is 14.0. The van der Waals surface area contributed by atoms with Crippen LogP contribution in [0.5, 0.6) is 5.75 Å². The van der Waals surface area contributed by atoms with Gasteiger partial charge in [0, 0.05) is 0 Å². The first-order valence-corrected chi connectivity index (χ1v) is 8.18. The van der Waals surface area contributed by atoms with Crippen molar-refractivity contribution in [1.82, 2.24) is 14.5 Å². The fourth-order valence-electron chi connectivity index (χ4n) is 2.34. The molecular formula is C15H6Cl2FN3O2S. The van der Waals surface area contributed by atoms with Gasteiger partial charge in [-0.2, -0.15) is 0 Å². The van der Waals surface area contributed by atoms with Crippen LogP contribution >= 0.6 is 34.5 Å². The number of hydrogen-bond acceptors (Lipinski definition) is 5. The van der Waals surface area contributed by atoms with Gasteiger partial charge in [0.15, 0.2) is 10.9 Å². The molecule has 9 heteroatoms. The van der Waals surface area contributed by atoms with E-state index < -0.39 is 5.56 Å². The first-order chi connectivity index (χ1) is 11.5. The van der Waals surface area contributed by atoms with Crippen LogP contribution in [0, 0.1) is 5.82 Å². The van der Waals surface area contributed by atoms with Gasteiger partial charge in [-0.25, -0.2) is 18.9 Å². The van der Waals surface area contributed by atoms with Crippen molar-refractivity contribution < 1.29 is 9.50 Å². The maximum Gasteiger partial charge on any atom is 0.269 e. The molecule has 2 aromatic carbocycles. The van der Waals surface area contributed by atoms with Crippen LogP contribution in [0.3, 0.4) is 0 Å². The third kappa shape index (κ3) is 2.24. The molecule has 0 saturated heterocycles. The molecule has 0 aliphatic rings. The standard InChI is InChI=1S/C15H6Cl2FN3O2S/c16-7-4-8(17)13(22)12-11(7)14(23)21(5-19-12)15-20-9-2-1-6(18)3-10(9)24-15/h1-5,22H. The van der Waals surface area contributed by atoms with Gasteiger partial charge in [0.05, 0.1) is 25.6 Å². The summed E-state index contributed by atoms with van der Waals surface area (Å²) in [5.41, 5.74) is 0.0749. The van der Waals surface area contributed by atoms with Crippen molar-refractivity contribution in [2.75, 3.05) is 0 Å². The highest BCUT2D eigenvalue weighted by molar-refractivity contribution is 7.20. The second-order valence-corrected chi connectivity index (χ2v) is 6.76. The number of fused-ring (bicyclic) bond motifs is 2. The zero-order valence-electron chi connectivity index (χ0n) is 11.6. The average Bonchev–Trinajstić information content (AvgIpc) is 2.95. The van der Waals surface area contributed by atoms with Crippen LogP contribution in [-0.4, -0.2) is 19.6 Å². The van der Waals surface area contributed by atoms with Crippen molar-refractivity contribution in [1.29, 1.82) is 0 Å². The second kappa shape index (κ2) is 5.41. The molecule has 5 nitrogen and oxygen atoms in total. The maximum atomic E-state index is 13.3. The lowest BCUT2D eigenvalue weighted by Gasteiger charge is -2.06. The smallest absolute Gasteiger partial charge is 0.269 e. The Bertz CT molecular complexity index is 1190.